The highest BCUT2D eigenvalue weighted by molar-refractivity contribution is 7.98. The number of benzene rings is 3. The molecule has 0 atom stereocenters. The van der Waals surface area contributed by atoms with Gasteiger partial charge in [-0.3, -0.25) is 4.79 Å². The van der Waals surface area contributed by atoms with Gasteiger partial charge in [-0.05, 0) is 50.2 Å². The van der Waals surface area contributed by atoms with Crippen LogP contribution in [0.1, 0.15) is 28.5 Å². The van der Waals surface area contributed by atoms with Crippen LogP contribution in [-0.2, 0) is 5.75 Å². The standard InChI is InChI=1S/C24H21NO2S/c1-16-23(17(2)26)24-20(15-28-19-11-7-4-8-12-19)22(27)14-13-21(24)25(16)18-9-5-3-6-10-18/h3-14,27H,15H2,1-2H3. The summed E-state index contributed by atoms with van der Waals surface area (Å²) in [6.07, 6.45) is 0. The molecule has 0 radical (unpaired) electrons. The third-order valence-electron chi connectivity index (χ3n) is 4.95. The predicted octanol–water partition coefficient (Wildman–Crippen LogP) is 6.14. The maximum Gasteiger partial charge on any atom is 0.162 e. The zero-order chi connectivity index (χ0) is 19.7. The molecule has 140 valence electrons. The third-order valence-corrected chi connectivity index (χ3v) is 5.99. The molecule has 0 aliphatic rings. The van der Waals surface area contributed by atoms with Crippen molar-refractivity contribution in [3.8, 4) is 11.4 Å². The lowest BCUT2D eigenvalue weighted by Gasteiger charge is -2.10. The van der Waals surface area contributed by atoms with E-state index in [4.69, 9.17) is 0 Å². The van der Waals surface area contributed by atoms with Gasteiger partial charge in [0.05, 0.1) is 5.52 Å². The van der Waals surface area contributed by atoms with Crippen LogP contribution in [0.3, 0.4) is 0 Å². The summed E-state index contributed by atoms with van der Waals surface area (Å²) in [5, 5.41) is 11.5. The first kappa shape index (κ1) is 18.4. The zero-order valence-electron chi connectivity index (χ0n) is 15.8. The minimum absolute atomic E-state index is 0.00809. The molecule has 1 N–H and O–H groups in total. The molecule has 0 unspecified atom stereocenters. The molecule has 4 rings (SSSR count). The number of aromatic nitrogens is 1. The highest BCUT2D eigenvalue weighted by atomic mass is 32.2. The molecule has 28 heavy (non-hydrogen) atoms. The number of para-hydroxylation sites is 1. The number of nitrogens with zero attached hydrogens (tertiary/aromatic N) is 1. The quantitative estimate of drug-likeness (QED) is 0.330. The fourth-order valence-electron chi connectivity index (χ4n) is 3.72. The van der Waals surface area contributed by atoms with Gasteiger partial charge >= 0.3 is 0 Å². The Morgan fingerprint density at radius 3 is 2.25 bits per heavy atom. The van der Waals surface area contributed by atoms with E-state index in [-0.39, 0.29) is 11.5 Å². The van der Waals surface area contributed by atoms with Crippen LogP contribution in [0, 0.1) is 6.92 Å². The van der Waals surface area contributed by atoms with Crippen LogP contribution >= 0.6 is 11.8 Å². The molecular weight excluding hydrogens is 366 g/mol. The molecule has 1 heterocycles. The number of rotatable bonds is 5. The van der Waals surface area contributed by atoms with Gasteiger partial charge in [0.1, 0.15) is 5.75 Å². The number of ketones is 1. The van der Waals surface area contributed by atoms with E-state index < -0.39 is 0 Å². The molecule has 0 bridgehead atoms. The third kappa shape index (κ3) is 3.20. The lowest BCUT2D eigenvalue weighted by atomic mass is 10.0. The Morgan fingerprint density at radius 2 is 1.61 bits per heavy atom. The molecule has 0 fully saturated rings. The topological polar surface area (TPSA) is 42.2 Å². The molecule has 0 aliphatic heterocycles. The van der Waals surface area contributed by atoms with E-state index in [1.807, 2.05) is 73.7 Å². The Balaban J connectivity index is 1.93. The Morgan fingerprint density at radius 1 is 0.964 bits per heavy atom. The van der Waals surface area contributed by atoms with Gasteiger partial charge in [0.25, 0.3) is 0 Å². The number of aromatic hydroxyl groups is 1. The number of phenolic OH excluding ortho intramolecular Hbond substituents is 1. The van der Waals surface area contributed by atoms with Crippen LogP contribution in [-0.4, -0.2) is 15.5 Å². The number of hydrogen-bond acceptors (Lipinski definition) is 3. The number of fused-ring (bicyclic) bond motifs is 1. The Labute approximate surface area is 168 Å². The van der Waals surface area contributed by atoms with Crippen molar-refractivity contribution in [3.05, 3.63) is 89.6 Å². The number of carbonyl (C=O) groups is 1. The van der Waals surface area contributed by atoms with E-state index in [0.29, 0.717) is 11.3 Å². The molecule has 4 heteroatoms. The van der Waals surface area contributed by atoms with Crippen molar-refractivity contribution < 1.29 is 9.90 Å². The molecule has 3 nitrogen and oxygen atoms in total. The first-order chi connectivity index (χ1) is 13.6. The first-order valence-electron chi connectivity index (χ1n) is 9.18. The summed E-state index contributed by atoms with van der Waals surface area (Å²) in [4.78, 5) is 13.7. The summed E-state index contributed by atoms with van der Waals surface area (Å²) < 4.78 is 2.10. The van der Waals surface area contributed by atoms with E-state index in [0.717, 1.165) is 32.7 Å². The summed E-state index contributed by atoms with van der Waals surface area (Å²) in [6, 6.07) is 23.7. The van der Waals surface area contributed by atoms with Crippen LogP contribution in [0.4, 0.5) is 0 Å². The molecule has 0 saturated heterocycles. The summed E-state index contributed by atoms with van der Waals surface area (Å²) in [6.45, 7) is 3.56. The molecule has 0 saturated carbocycles. The lowest BCUT2D eigenvalue weighted by molar-refractivity contribution is 0.101. The largest absolute Gasteiger partial charge is 0.508 e. The van der Waals surface area contributed by atoms with Crippen molar-refractivity contribution in [3.63, 3.8) is 0 Å². The first-order valence-corrected chi connectivity index (χ1v) is 10.2. The van der Waals surface area contributed by atoms with Gasteiger partial charge in [0.15, 0.2) is 5.78 Å². The smallest absolute Gasteiger partial charge is 0.162 e. The van der Waals surface area contributed by atoms with Crippen LogP contribution < -0.4 is 0 Å². The number of Topliss-reactive ketones (excluding diaryl/α,β-unsaturated/α-hetero) is 1. The van der Waals surface area contributed by atoms with E-state index >= 15 is 0 Å². The average molecular weight is 388 g/mol. The van der Waals surface area contributed by atoms with Gasteiger partial charge in [-0.15, -0.1) is 11.8 Å². The summed E-state index contributed by atoms with van der Waals surface area (Å²) in [7, 11) is 0. The van der Waals surface area contributed by atoms with E-state index in [2.05, 4.69) is 4.57 Å². The molecular formula is C24H21NO2S. The van der Waals surface area contributed by atoms with E-state index in [9.17, 15) is 9.90 Å². The maximum atomic E-state index is 12.6. The highest BCUT2D eigenvalue weighted by Crippen LogP contribution is 2.39. The summed E-state index contributed by atoms with van der Waals surface area (Å²) >= 11 is 1.65. The van der Waals surface area contributed by atoms with Crippen LogP contribution in [0.5, 0.6) is 5.75 Å². The Bertz CT molecular complexity index is 1150. The van der Waals surface area contributed by atoms with Gasteiger partial charge < -0.3 is 9.67 Å². The number of carbonyl (C=O) groups excluding carboxylic acids is 1. The van der Waals surface area contributed by atoms with E-state index in [1.165, 1.54) is 0 Å². The van der Waals surface area contributed by atoms with Gasteiger partial charge in [0, 0.05) is 38.5 Å². The zero-order valence-corrected chi connectivity index (χ0v) is 16.7. The fourth-order valence-corrected chi connectivity index (χ4v) is 4.67. The van der Waals surface area contributed by atoms with Gasteiger partial charge in [-0.1, -0.05) is 36.4 Å². The average Bonchev–Trinajstić information content (AvgIpc) is 3.01. The maximum absolute atomic E-state index is 12.6. The van der Waals surface area contributed by atoms with E-state index in [1.54, 1.807) is 24.8 Å². The second kappa shape index (κ2) is 7.56. The van der Waals surface area contributed by atoms with Crippen LogP contribution in [0.25, 0.3) is 16.6 Å². The second-order valence-electron chi connectivity index (χ2n) is 6.75. The number of thioether (sulfide) groups is 1. The summed E-state index contributed by atoms with van der Waals surface area (Å²) in [5.74, 6) is 0.823. The molecule has 1 aromatic heterocycles. The van der Waals surface area contributed by atoms with Crippen molar-refractivity contribution in [2.75, 3.05) is 0 Å². The summed E-state index contributed by atoms with van der Waals surface area (Å²) in [5.41, 5.74) is 4.32. The monoisotopic (exact) mass is 387 g/mol. The minimum Gasteiger partial charge on any atom is -0.508 e. The fraction of sp³-hybridized carbons (Fsp3) is 0.125. The molecule has 3 aromatic carbocycles. The molecule has 0 amide bonds. The number of phenols is 1. The second-order valence-corrected chi connectivity index (χ2v) is 7.80. The molecule has 0 aliphatic carbocycles. The molecule has 4 aromatic rings. The SMILES string of the molecule is CC(=O)c1c(C)n(-c2ccccc2)c2ccc(O)c(CSc3ccccc3)c12. The molecule has 0 spiro atoms. The van der Waals surface area contributed by atoms with Crippen molar-refractivity contribution >= 4 is 28.4 Å². The van der Waals surface area contributed by atoms with Crippen molar-refractivity contribution in [2.45, 2.75) is 24.5 Å². The normalized spacial score (nSPS) is 11.1. The van der Waals surface area contributed by atoms with Crippen molar-refractivity contribution in [2.24, 2.45) is 0 Å². The lowest BCUT2D eigenvalue weighted by Crippen LogP contribution is -1.99. The van der Waals surface area contributed by atoms with Crippen molar-refractivity contribution in [1.82, 2.24) is 4.57 Å². The van der Waals surface area contributed by atoms with Gasteiger partial charge in [-0.25, -0.2) is 0 Å². The highest BCUT2D eigenvalue weighted by Gasteiger charge is 2.22. The predicted molar refractivity (Wildman–Crippen MR) is 116 cm³/mol. The Hall–Kier alpha value is -2.98. The van der Waals surface area contributed by atoms with Crippen molar-refractivity contribution in [1.29, 1.82) is 0 Å². The Kier molecular flexibility index (Phi) is 4.97. The van der Waals surface area contributed by atoms with Gasteiger partial charge in [-0.2, -0.15) is 0 Å². The minimum atomic E-state index is 0.00809. The van der Waals surface area contributed by atoms with Crippen LogP contribution in [0.2, 0.25) is 0 Å². The van der Waals surface area contributed by atoms with Crippen LogP contribution in [0.15, 0.2) is 77.7 Å². The van der Waals surface area contributed by atoms with Gasteiger partial charge in [0.2, 0.25) is 0 Å². The number of hydrogen-bond donors (Lipinski definition) is 1.